The van der Waals surface area contributed by atoms with Gasteiger partial charge in [-0.25, -0.2) is 0 Å². The second kappa shape index (κ2) is 2.50. The Morgan fingerprint density at radius 1 is 1.45 bits per heavy atom. The van der Waals surface area contributed by atoms with Crippen LogP contribution in [0.1, 0.15) is 0 Å². The van der Waals surface area contributed by atoms with Crippen LogP contribution in [0.25, 0.3) is 10.9 Å². The summed E-state index contributed by atoms with van der Waals surface area (Å²) >= 11 is 9.14. The van der Waals surface area contributed by atoms with Gasteiger partial charge in [0.2, 0.25) is 0 Å². The van der Waals surface area contributed by atoms with Gasteiger partial charge in [-0.3, -0.25) is 0 Å². The summed E-state index contributed by atoms with van der Waals surface area (Å²) in [4.78, 5) is 0. The Hall–Kier alpha value is -0.540. The molecule has 1 aromatic carbocycles. The molecule has 0 aliphatic heterocycles. The molecule has 0 unspecified atom stereocenters. The van der Waals surface area contributed by atoms with Gasteiger partial charge in [0.05, 0.1) is 32.9 Å². The summed E-state index contributed by atoms with van der Waals surface area (Å²) in [7, 11) is 0. The zero-order chi connectivity index (χ0) is 7.84. The second-order valence-electron chi connectivity index (χ2n) is 2.18. The Kier molecular flexibility index (Phi) is 1.62. The summed E-state index contributed by atoms with van der Waals surface area (Å²) in [5.41, 5.74) is 0.984. The van der Waals surface area contributed by atoms with Crippen molar-refractivity contribution in [1.29, 1.82) is 0 Å². The van der Waals surface area contributed by atoms with Crippen LogP contribution in [-0.2, 0) is 0 Å². The van der Waals surface area contributed by atoms with Crippen LogP contribution >= 0.6 is 27.7 Å². The molecule has 0 bridgehead atoms. The molecular formula is C7H4BrClN2. The van der Waals surface area contributed by atoms with E-state index in [4.69, 9.17) is 11.6 Å². The minimum absolute atomic E-state index is 0.730. The minimum Gasteiger partial charge on any atom is -0.197 e. The summed E-state index contributed by atoms with van der Waals surface area (Å²) in [5.74, 6) is 0. The number of hydrogen-bond donors (Lipinski definition) is 0. The van der Waals surface area contributed by atoms with Crippen LogP contribution in [0, 0.1) is 0 Å². The summed E-state index contributed by atoms with van der Waals surface area (Å²) in [6.45, 7) is 0. The van der Waals surface area contributed by atoms with Crippen molar-refractivity contribution in [3.8, 4) is 0 Å². The van der Waals surface area contributed by atoms with E-state index in [1.165, 1.54) is 0 Å². The van der Waals surface area contributed by atoms with Crippen LogP contribution in [0.2, 0.25) is 5.02 Å². The fraction of sp³-hybridized carbons (Fsp3) is 0. The third-order valence-corrected chi connectivity index (χ3v) is 2.41. The van der Waals surface area contributed by atoms with Crippen molar-refractivity contribution in [2.75, 3.05) is 0 Å². The highest BCUT2D eigenvalue weighted by atomic mass is 79.9. The summed E-state index contributed by atoms with van der Waals surface area (Å²) in [6.07, 6.45) is 1.73. The standard InChI is InChI=1S/C7H4BrClN2/c8-11-7-3-1-2-6(9)5(7)4-10-11/h1-4H. The van der Waals surface area contributed by atoms with E-state index in [-0.39, 0.29) is 0 Å². The van der Waals surface area contributed by atoms with E-state index in [0.29, 0.717) is 0 Å². The number of hydrogen-bond acceptors (Lipinski definition) is 1. The van der Waals surface area contributed by atoms with E-state index < -0.39 is 0 Å². The lowest BCUT2D eigenvalue weighted by Gasteiger charge is -1.91. The molecule has 4 heteroatoms. The number of halogens is 2. The molecule has 0 fully saturated rings. The Morgan fingerprint density at radius 2 is 2.27 bits per heavy atom. The maximum absolute atomic E-state index is 5.90. The molecule has 0 aliphatic rings. The van der Waals surface area contributed by atoms with Crippen LogP contribution in [0.4, 0.5) is 0 Å². The SMILES string of the molecule is Clc1cccc2c1cnn2Br. The van der Waals surface area contributed by atoms with Crippen LogP contribution in [-0.4, -0.2) is 8.81 Å². The predicted octanol–water partition coefficient (Wildman–Crippen LogP) is 2.85. The lowest BCUT2D eigenvalue weighted by Crippen LogP contribution is -1.78. The van der Waals surface area contributed by atoms with E-state index in [0.717, 1.165) is 15.9 Å². The first-order chi connectivity index (χ1) is 5.29. The molecule has 0 saturated heterocycles. The zero-order valence-electron chi connectivity index (χ0n) is 5.46. The maximum atomic E-state index is 5.90. The Morgan fingerprint density at radius 3 is 3.00 bits per heavy atom. The normalized spacial score (nSPS) is 10.7. The van der Waals surface area contributed by atoms with E-state index in [1.54, 1.807) is 9.90 Å². The van der Waals surface area contributed by atoms with Gasteiger partial charge < -0.3 is 0 Å². The number of aromatic nitrogens is 2. The average molecular weight is 231 g/mol. The molecule has 11 heavy (non-hydrogen) atoms. The quantitative estimate of drug-likeness (QED) is 0.682. The highest BCUT2D eigenvalue weighted by Crippen LogP contribution is 2.23. The zero-order valence-corrected chi connectivity index (χ0v) is 7.80. The molecule has 2 rings (SSSR count). The molecule has 0 N–H and O–H groups in total. The van der Waals surface area contributed by atoms with E-state index in [2.05, 4.69) is 21.2 Å². The molecule has 0 saturated carbocycles. The fourth-order valence-corrected chi connectivity index (χ4v) is 1.60. The fourth-order valence-electron chi connectivity index (χ4n) is 0.985. The number of benzene rings is 1. The van der Waals surface area contributed by atoms with Gasteiger partial charge in [0.15, 0.2) is 0 Å². The van der Waals surface area contributed by atoms with Crippen molar-refractivity contribution in [2.24, 2.45) is 0 Å². The van der Waals surface area contributed by atoms with Crippen LogP contribution < -0.4 is 0 Å². The Labute approximate surface area is 77.1 Å². The minimum atomic E-state index is 0.730. The smallest absolute Gasteiger partial charge is 0.0828 e. The molecule has 1 aromatic heterocycles. The average Bonchev–Trinajstić information content (AvgIpc) is 2.35. The van der Waals surface area contributed by atoms with Gasteiger partial charge in [0.1, 0.15) is 0 Å². The third-order valence-electron chi connectivity index (χ3n) is 1.52. The molecule has 0 spiro atoms. The first-order valence-corrected chi connectivity index (χ1v) is 4.16. The van der Waals surface area contributed by atoms with Crippen LogP contribution in [0.3, 0.4) is 0 Å². The van der Waals surface area contributed by atoms with E-state index >= 15 is 0 Å². The molecule has 1 heterocycles. The van der Waals surface area contributed by atoms with Crippen molar-refractivity contribution < 1.29 is 0 Å². The molecule has 56 valence electrons. The van der Waals surface area contributed by atoms with Gasteiger partial charge in [-0.15, -0.1) is 0 Å². The van der Waals surface area contributed by atoms with Gasteiger partial charge in [-0.1, -0.05) is 17.7 Å². The van der Waals surface area contributed by atoms with Crippen LogP contribution in [0.5, 0.6) is 0 Å². The van der Waals surface area contributed by atoms with Crippen molar-refractivity contribution in [2.45, 2.75) is 0 Å². The molecule has 0 radical (unpaired) electrons. The summed E-state index contributed by atoms with van der Waals surface area (Å²) in [5, 5.41) is 5.70. The van der Waals surface area contributed by atoms with Gasteiger partial charge in [0.25, 0.3) is 0 Å². The van der Waals surface area contributed by atoms with Crippen LogP contribution in [0.15, 0.2) is 24.4 Å². The molecule has 0 aliphatic carbocycles. The second-order valence-corrected chi connectivity index (χ2v) is 3.26. The topological polar surface area (TPSA) is 17.8 Å². The summed E-state index contributed by atoms with van der Waals surface area (Å²) < 4.78 is 1.62. The number of fused-ring (bicyclic) bond motifs is 1. The molecular weight excluding hydrogens is 227 g/mol. The largest absolute Gasteiger partial charge is 0.197 e. The highest BCUT2D eigenvalue weighted by molar-refractivity contribution is 9.08. The van der Waals surface area contributed by atoms with Gasteiger partial charge >= 0.3 is 0 Å². The lowest BCUT2D eigenvalue weighted by molar-refractivity contribution is 1.06. The van der Waals surface area contributed by atoms with Gasteiger partial charge in [0, 0.05) is 5.39 Å². The molecule has 0 atom stereocenters. The predicted molar refractivity (Wildman–Crippen MR) is 49.1 cm³/mol. The van der Waals surface area contributed by atoms with Crippen molar-refractivity contribution in [3.63, 3.8) is 0 Å². The van der Waals surface area contributed by atoms with Crippen molar-refractivity contribution >= 4 is 38.7 Å². The number of nitrogens with zero attached hydrogens (tertiary/aromatic N) is 2. The van der Waals surface area contributed by atoms with Gasteiger partial charge in [-0.05, 0) is 12.1 Å². The first-order valence-electron chi connectivity index (χ1n) is 3.07. The Bertz CT molecular complexity index is 396. The van der Waals surface area contributed by atoms with E-state index in [9.17, 15) is 0 Å². The lowest BCUT2D eigenvalue weighted by atomic mass is 10.3. The van der Waals surface area contributed by atoms with E-state index in [1.807, 2.05) is 18.2 Å². The Balaban J connectivity index is 2.94. The maximum Gasteiger partial charge on any atom is 0.0828 e. The van der Waals surface area contributed by atoms with Crippen molar-refractivity contribution in [3.05, 3.63) is 29.4 Å². The first kappa shape index (κ1) is 7.13. The number of rotatable bonds is 0. The monoisotopic (exact) mass is 230 g/mol. The summed E-state index contributed by atoms with van der Waals surface area (Å²) in [6, 6.07) is 5.69. The third kappa shape index (κ3) is 1.04. The molecule has 2 nitrogen and oxygen atoms in total. The highest BCUT2D eigenvalue weighted by Gasteiger charge is 2.01. The molecule has 2 aromatic rings. The van der Waals surface area contributed by atoms with Gasteiger partial charge in [-0.2, -0.15) is 8.81 Å². The molecule has 0 amide bonds. The van der Waals surface area contributed by atoms with Crippen molar-refractivity contribution in [1.82, 2.24) is 8.81 Å².